The Labute approximate surface area is 414 Å². The first-order valence-corrected chi connectivity index (χ1v) is 25.9. The lowest BCUT2D eigenvalue weighted by atomic mass is 9.51. The summed E-state index contributed by atoms with van der Waals surface area (Å²) in [6.45, 7) is 10.2. The van der Waals surface area contributed by atoms with Crippen LogP contribution in [0, 0.1) is 42.9 Å². The van der Waals surface area contributed by atoms with Crippen molar-refractivity contribution < 1.29 is 42.1 Å². The van der Waals surface area contributed by atoms with Crippen LogP contribution in [0.25, 0.3) is 5.57 Å². The molecule has 8 rings (SSSR count). The molecule has 70 heavy (non-hydrogen) atoms. The standard InChI is InChI=1S/C56H74BF2N5O6/c1-8-24-56(68)25-23-49-46-19-15-42-35-44(65)18-20-45(42)52(46)48(36-55(49,56)6)41-13-16-43(17-14-41)62(7)28-11-9-10-12-50(66)60-26-29-69-31-32-70-30-27-61-51(67)22-21-47-53-37(2)33-39(4)63(53)57(58,59)64-40(5)34-38(3)54(47)64/h13-14,16-17,33-35,46,48-49,68H,9-12,15,18-23,25-32,36H2,1-7H3,(H,60,66)(H,61,67)/t46-,48+,49-,55-,56-/m0/s1. The van der Waals surface area contributed by atoms with Gasteiger partial charge < -0.3 is 47.7 Å². The van der Waals surface area contributed by atoms with Crippen molar-refractivity contribution in [2.24, 2.45) is 17.3 Å². The highest BCUT2D eigenvalue weighted by atomic mass is 19.2. The molecule has 6 aliphatic rings. The minimum Gasteiger partial charge on any atom is -0.394 e. The van der Waals surface area contributed by atoms with Crippen LogP contribution in [0.1, 0.15) is 140 Å². The normalized spacial score (nSPS) is 25.3. The number of allylic oxidation sites excluding steroid dienone is 7. The molecule has 11 nitrogen and oxygen atoms in total. The quantitative estimate of drug-likeness (QED) is 0.0689. The number of anilines is 1. The van der Waals surface area contributed by atoms with Crippen molar-refractivity contribution in [3.05, 3.63) is 93.0 Å². The number of ether oxygens (including phenoxy) is 2. The average molecular weight is 962 g/mol. The van der Waals surface area contributed by atoms with Gasteiger partial charge in [-0.2, -0.15) is 0 Å². The second kappa shape index (κ2) is 21.3. The number of halogens is 2. The summed E-state index contributed by atoms with van der Waals surface area (Å²) in [6, 6.07) is 10.8. The number of unbranched alkanes of at least 4 members (excludes halogenated alkanes) is 2. The number of amides is 2. The molecule has 1 aromatic heterocycles. The number of aromatic nitrogens is 1. The van der Waals surface area contributed by atoms with Crippen molar-refractivity contribution in [2.45, 2.75) is 137 Å². The fraction of sp³-hybridized carbons (Fsp3) is 0.571. The molecule has 2 fully saturated rings. The van der Waals surface area contributed by atoms with Crippen LogP contribution >= 0.6 is 0 Å². The molecule has 0 radical (unpaired) electrons. The molecule has 0 bridgehead atoms. The lowest BCUT2D eigenvalue weighted by Gasteiger charge is -2.53. The molecular weight excluding hydrogens is 887 g/mol. The van der Waals surface area contributed by atoms with E-state index in [0.29, 0.717) is 99.8 Å². The number of ketones is 1. The molecule has 5 atom stereocenters. The van der Waals surface area contributed by atoms with E-state index in [1.54, 1.807) is 26.0 Å². The van der Waals surface area contributed by atoms with Gasteiger partial charge in [-0.15, -0.1) is 5.92 Å². The lowest BCUT2D eigenvalue weighted by Crippen LogP contribution is -2.51. The number of aliphatic hydroxyl groups is 1. The van der Waals surface area contributed by atoms with Crippen LogP contribution in [-0.2, 0) is 23.9 Å². The Kier molecular flexibility index (Phi) is 15.6. The van der Waals surface area contributed by atoms with Gasteiger partial charge in [-0.05, 0) is 150 Å². The van der Waals surface area contributed by atoms with E-state index in [4.69, 9.17) is 9.47 Å². The molecule has 0 unspecified atom stereocenters. The zero-order chi connectivity index (χ0) is 50.0. The number of nitrogens with one attached hydrogen (secondary N) is 2. The third kappa shape index (κ3) is 10.0. The molecule has 4 aliphatic carbocycles. The first-order valence-electron chi connectivity index (χ1n) is 25.9. The minimum atomic E-state index is -4.03. The Bertz CT molecular complexity index is 2600. The van der Waals surface area contributed by atoms with Gasteiger partial charge in [0.2, 0.25) is 11.8 Å². The first kappa shape index (κ1) is 51.3. The Morgan fingerprint density at radius 2 is 1.64 bits per heavy atom. The van der Waals surface area contributed by atoms with Crippen LogP contribution in [0.15, 0.2) is 70.5 Å². The van der Waals surface area contributed by atoms with Crippen molar-refractivity contribution >= 4 is 41.5 Å². The summed E-state index contributed by atoms with van der Waals surface area (Å²) in [7, 11) is 2.12. The maximum Gasteiger partial charge on any atom is 0.737 e. The van der Waals surface area contributed by atoms with E-state index < -0.39 is 12.6 Å². The Morgan fingerprint density at radius 3 is 2.34 bits per heavy atom. The number of aryl methyl sites for hydroxylation is 2. The number of carbonyl (C=O) groups excluding carboxylic acids is 3. The van der Waals surface area contributed by atoms with Crippen molar-refractivity contribution in [2.75, 3.05) is 58.0 Å². The van der Waals surface area contributed by atoms with Crippen LogP contribution in [0.5, 0.6) is 0 Å². The largest absolute Gasteiger partial charge is 0.737 e. The fourth-order valence-electron chi connectivity index (χ4n) is 13.2. The molecule has 2 amide bonds. The summed E-state index contributed by atoms with van der Waals surface area (Å²) >= 11 is 0. The number of rotatable bonds is 20. The van der Waals surface area contributed by atoms with E-state index in [0.717, 1.165) is 89.3 Å². The molecular formula is C56H74BF2N5O6. The molecule has 3 N–H and O–H groups in total. The van der Waals surface area contributed by atoms with Gasteiger partial charge in [0.25, 0.3) is 0 Å². The third-order valence-electron chi connectivity index (χ3n) is 16.5. The zero-order valence-corrected chi connectivity index (χ0v) is 42.6. The van der Waals surface area contributed by atoms with Crippen LogP contribution in [-0.4, -0.2) is 103 Å². The van der Waals surface area contributed by atoms with Gasteiger partial charge in [0, 0.05) is 92.8 Å². The molecule has 376 valence electrons. The van der Waals surface area contributed by atoms with Gasteiger partial charge in [-0.3, -0.25) is 14.4 Å². The number of hydrogen-bond acceptors (Lipinski definition) is 7. The van der Waals surface area contributed by atoms with Gasteiger partial charge >= 0.3 is 6.97 Å². The van der Waals surface area contributed by atoms with Crippen molar-refractivity contribution in [3.63, 3.8) is 0 Å². The predicted molar refractivity (Wildman–Crippen MR) is 273 cm³/mol. The summed E-state index contributed by atoms with van der Waals surface area (Å²) in [6.07, 6.45) is 13.3. The summed E-state index contributed by atoms with van der Waals surface area (Å²) in [4.78, 5) is 40.1. The Morgan fingerprint density at radius 1 is 0.943 bits per heavy atom. The number of hydrogen-bond donors (Lipinski definition) is 3. The second-order valence-electron chi connectivity index (χ2n) is 21.0. The van der Waals surface area contributed by atoms with Gasteiger partial charge in [-0.25, -0.2) is 0 Å². The fourth-order valence-corrected chi connectivity index (χ4v) is 13.2. The van der Waals surface area contributed by atoms with Crippen molar-refractivity contribution in [1.29, 1.82) is 0 Å². The van der Waals surface area contributed by atoms with E-state index in [1.165, 1.54) is 22.3 Å². The van der Waals surface area contributed by atoms with Crippen molar-refractivity contribution in [3.8, 4) is 11.8 Å². The van der Waals surface area contributed by atoms with Crippen LogP contribution < -0.4 is 15.5 Å². The minimum absolute atomic E-state index is 0.0120. The predicted octanol–water partition coefficient (Wildman–Crippen LogP) is 8.88. The monoisotopic (exact) mass is 962 g/mol. The van der Waals surface area contributed by atoms with Gasteiger partial charge in [0.15, 0.2) is 11.5 Å². The zero-order valence-electron chi connectivity index (χ0n) is 42.6. The highest BCUT2D eigenvalue weighted by Crippen LogP contribution is 2.66. The molecule has 2 saturated carbocycles. The van der Waals surface area contributed by atoms with Gasteiger partial charge in [0.05, 0.1) is 26.4 Å². The van der Waals surface area contributed by atoms with Crippen LogP contribution in [0.3, 0.4) is 0 Å². The van der Waals surface area contributed by atoms with E-state index in [9.17, 15) is 19.5 Å². The Balaban J connectivity index is 0.694. The summed E-state index contributed by atoms with van der Waals surface area (Å²) in [5.41, 5.74) is 9.67. The summed E-state index contributed by atoms with van der Waals surface area (Å²) < 4.78 is 45.2. The Hall–Kier alpha value is -5.10. The average Bonchev–Trinajstić information content (AvgIpc) is 3.91. The van der Waals surface area contributed by atoms with Gasteiger partial charge in [-0.1, -0.05) is 37.0 Å². The van der Waals surface area contributed by atoms with E-state index in [1.807, 2.05) is 26.8 Å². The molecule has 0 saturated heterocycles. The summed E-state index contributed by atoms with van der Waals surface area (Å²) in [5.74, 6) is 7.36. The molecule has 3 heterocycles. The van der Waals surface area contributed by atoms with Crippen molar-refractivity contribution in [1.82, 2.24) is 15.1 Å². The smallest absolute Gasteiger partial charge is 0.394 e. The number of carbonyl (C=O) groups is 3. The van der Waals surface area contributed by atoms with E-state index in [-0.39, 0.29) is 35.4 Å². The van der Waals surface area contributed by atoms with E-state index in [2.05, 4.69) is 65.6 Å². The SMILES string of the molecule is CC#C[C@]1(O)CC[C@H]2[C@@H]3CCC4=CC(=O)CCC4=C3[C@@H](c3ccc(N(C)CCCCCC(=O)NCCOCCOCCNC(=O)CCC4=C5C(C)=CC(C)=[N+]5[B-](F)(F)n5c(C)cc(C)c54)cc3)C[C@@]21C. The molecule has 2 aliphatic heterocycles. The highest BCUT2D eigenvalue weighted by molar-refractivity contribution is 6.58. The molecule has 2 aromatic rings. The highest BCUT2D eigenvalue weighted by Gasteiger charge is 2.62. The lowest BCUT2D eigenvalue weighted by molar-refractivity contribution is -0.363. The maximum absolute atomic E-state index is 15.8. The molecule has 0 spiro atoms. The summed E-state index contributed by atoms with van der Waals surface area (Å²) in [5, 5.41) is 17.8. The second-order valence-corrected chi connectivity index (χ2v) is 21.0. The number of fused-ring (bicyclic) bond motifs is 6. The number of nitrogens with zero attached hydrogens (tertiary/aromatic N) is 3. The van der Waals surface area contributed by atoms with Gasteiger partial charge in [0.1, 0.15) is 11.3 Å². The third-order valence-corrected chi connectivity index (χ3v) is 16.5. The topological polar surface area (TPSA) is 125 Å². The van der Waals surface area contributed by atoms with Crippen LogP contribution in [0.2, 0.25) is 0 Å². The van der Waals surface area contributed by atoms with E-state index >= 15 is 8.63 Å². The molecule has 14 heteroatoms. The van der Waals surface area contributed by atoms with Crippen LogP contribution in [0.4, 0.5) is 14.3 Å². The maximum atomic E-state index is 15.8. The molecule has 1 aromatic carbocycles. The first-order chi connectivity index (χ1) is 33.5. The number of benzene rings is 1.